The largest absolute Gasteiger partial charge is 0.490 e. The molecule has 4 nitrogen and oxygen atoms in total. The van der Waals surface area contributed by atoms with E-state index in [9.17, 15) is 0 Å². The van der Waals surface area contributed by atoms with Crippen LogP contribution in [-0.4, -0.2) is 33.5 Å². The lowest BCUT2D eigenvalue weighted by atomic mass is 10.2. The lowest BCUT2D eigenvalue weighted by Crippen LogP contribution is -2.19. The monoisotopic (exact) mass is 265 g/mol. The average molecular weight is 265 g/mol. The molecule has 0 saturated carbocycles. The van der Waals surface area contributed by atoms with Crippen LogP contribution in [0.5, 0.6) is 11.5 Å². The molecular weight excluding hydrogens is 242 g/mol. The van der Waals surface area contributed by atoms with E-state index in [0.717, 1.165) is 30.2 Å². The molecule has 0 aliphatic heterocycles. The van der Waals surface area contributed by atoms with Crippen molar-refractivity contribution in [2.24, 2.45) is 0 Å². The van der Waals surface area contributed by atoms with E-state index in [1.165, 1.54) is 0 Å². The molecule has 1 rings (SSSR count). The second-order valence-electron chi connectivity index (χ2n) is 3.95. The van der Waals surface area contributed by atoms with Gasteiger partial charge in [-0.1, -0.05) is 24.8 Å². The van der Waals surface area contributed by atoms with Crippen LogP contribution in [0.1, 0.15) is 12.5 Å². The van der Waals surface area contributed by atoms with Crippen molar-refractivity contribution in [2.75, 3.05) is 33.5 Å². The Labute approximate surface area is 115 Å². The van der Waals surface area contributed by atoms with E-state index in [-0.39, 0.29) is 0 Å². The molecule has 0 saturated heterocycles. The zero-order valence-corrected chi connectivity index (χ0v) is 11.8. The third-order valence-electron chi connectivity index (χ3n) is 2.50. The summed E-state index contributed by atoms with van der Waals surface area (Å²) in [5.74, 6) is 1.56. The van der Waals surface area contributed by atoms with Crippen LogP contribution < -0.4 is 14.8 Å². The maximum Gasteiger partial charge on any atom is 0.166 e. The summed E-state index contributed by atoms with van der Waals surface area (Å²) >= 11 is 0. The average Bonchev–Trinajstić information content (AvgIpc) is 2.43. The molecule has 1 aromatic rings. The Morgan fingerprint density at radius 1 is 1.32 bits per heavy atom. The summed E-state index contributed by atoms with van der Waals surface area (Å²) in [6.07, 6.45) is 1.73. The van der Waals surface area contributed by atoms with Gasteiger partial charge in [-0.2, -0.15) is 0 Å². The first-order chi connectivity index (χ1) is 9.33. The number of methoxy groups -OCH3 is 1. The number of nitrogens with one attached hydrogen (secondary N) is 1. The van der Waals surface area contributed by atoms with Crippen LogP contribution in [0, 0.1) is 0 Å². The SMILES string of the molecule is C=CCOc1c(CNCCOC)cccc1OCC. The van der Waals surface area contributed by atoms with Gasteiger partial charge in [0.25, 0.3) is 0 Å². The zero-order chi connectivity index (χ0) is 13.9. The Hall–Kier alpha value is -1.52. The highest BCUT2D eigenvalue weighted by Gasteiger charge is 2.10. The molecule has 4 heteroatoms. The molecule has 0 atom stereocenters. The molecule has 0 aromatic heterocycles. The summed E-state index contributed by atoms with van der Waals surface area (Å²) < 4.78 is 16.3. The topological polar surface area (TPSA) is 39.7 Å². The Bertz CT molecular complexity index is 380. The Morgan fingerprint density at radius 3 is 2.84 bits per heavy atom. The van der Waals surface area contributed by atoms with Crippen LogP contribution in [0.2, 0.25) is 0 Å². The van der Waals surface area contributed by atoms with Crippen LogP contribution >= 0.6 is 0 Å². The van der Waals surface area contributed by atoms with Crippen molar-refractivity contribution in [3.05, 3.63) is 36.4 Å². The van der Waals surface area contributed by atoms with Crippen LogP contribution in [0.15, 0.2) is 30.9 Å². The molecule has 0 fully saturated rings. The zero-order valence-electron chi connectivity index (χ0n) is 11.8. The van der Waals surface area contributed by atoms with Crippen molar-refractivity contribution in [1.82, 2.24) is 5.32 Å². The van der Waals surface area contributed by atoms with Crippen molar-refractivity contribution in [3.8, 4) is 11.5 Å². The summed E-state index contributed by atoms with van der Waals surface area (Å²) in [4.78, 5) is 0. The molecule has 1 N–H and O–H groups in total. The van der Waals surface area contributed by atoms with E-state index in [0.29, 0.717) is 19.8 Å². The van der Waals surface area contributed by atoms with Gasteiger partial charge in [-0.25, -0.2) is 0 Å². The van der Waals surface area contributed by atoms with Crippen molar-refractivity contribution in [1.29, 1.82) is 0 Å². The quantitative estimate of drug-likeness (QED) is 0.521. The van der Waals surface area contributed by atoms with Crippen molar-refractivity contribution in [3.63, 3.8) is 0 Å². The molecular formula is C15H23NO3. The first kappa shape index (κ1) is 15.5. The molecule has 19 heavy (non-hydrogen) atoms. The number of benzene rings is 1. The normalized spacial score (nSPS) is 10.2. The number of rotatable bonds is 10. The maximum absolute atomic E-state index is 5.71. The fraction of sp³-hybridized carbons (Fsp3) is 0.467. The lowest BCUT2D eigenvalue weighted by Gasteiger charge is -2.15. The Kier molecular flexibility index (Phi) is 7.70. The Balaban J connectivity index is 2.75. The molecule has 1 aromatic carbocycles. The summed E-state index contributed by atoms with van der Waals surface area (Å²) in [7, 11) is 1.69. The fourth-order valence-corrected chi connectivity index (χ4v) is 1.67. The van der Waals surface area contributed by atoms with Gasteiger partial charge in [0.05, 0.1) is 13.2 Å². The highest BCUT2D eigenvalue weighted by molar-refractivity contribution is 5.46. The molecule has 0 aliphatic carbocycles. The minimum Gasteiger partial charge on any atom is -0.490 e. The molecule has 0 spiro atoms. The van der Waals surface area contributed by atoms with Gasteiger partial charge in [0.1, 0.15) is 6.61 Å². The van der Waals surface area contributed by atoms with Gasteiger partial charge in [0.2, 0.25) is 0 Å². The van der Waals surface area contributed by atoms with E-state index >= 15 is 0 Å². The molecule has 0 unspecified atom stereocenters. The first-order valence-electron chi connectivity index (χ1n) is 6.51. The second kappa shape index (κ2) is 9.42. The summed E-state index contributed by atoms with van der Waals surface area (Å²) in [5, 5.41) is 3.30. The first-order valence-corrected chi connectivity index (χ1v) is 6.51. The molecule has 0 heterocycles. The standard InChI is InChI=1S/C15H23NO3/c1-4-10-19-15-13(12-16-9-11-17-3)7-6-8-14(15)18-5-2/h4,6-8,16H,1,5,9-12H2,2-3H3. The third kappa shape index (κ3) is 5.32. The van der Waals surface area contributed by atoms with E-state index in [2.05, 4.69) is 11.9 Å². The fourth-order valence-electron chi connectivity index (χ4n) is 1.67. The van der Waals surface area contributed by atoms with E-state index < -0.39 is 0 Å². The summed E-state index contributed by atoms with van der Waals surface area (Å²) in [5.41, 5.74) is 1.07. The van der Waals surface area contributed by atoms with E-state index in [4.69, 9.17) is 14.2 Å². The smallest absolute Gasteiger partial charge is 0.166 e. The van der Waals surface area contributed by atoms with Gasteiger partial charge in [-0.05, 0) is 13.0 Å². The maximum atomic E-state index is 5.71. The minimum atomic E-state index is 0.467. The van der Waals surface area contributed by atoms with Crippen LogP contribution in [0.4, 0.5) is 0 Å². The van der Waals surface area contributed by atoms with Gasteiger partial charge in [0, 0.05) is 25.8 Å². The van der Waals surface area contributed by atoms with E-state index in [1.807, 2.05) is 25.1 Å². The molecule has 0 radical (unpaired) electrons. The van der Waals surface area contributed by atoms with Gasteiger partial charge < -0.3 is 19.5 Å². The number of hydrogen-bond acceptors (Lipinski definition) is 4. The lowest BCUT2D eigenvalue weighted by molar-refractivity contribution is 0.199. The van der Waals surface area contributed by atoms with Gasteiger partial charge in [-0.15, -0.1) is 0 Å². The second-order valence-corrected chi connectivity index (χ2v) is 3.95. The number of ether oxygens (including phenoxy) is 3. The Morgan fingerprint density at radius 2 is 2.16 bits per heavy atom. The number of para-hydroxylation sites is 1. The third-order valence-corrected chi connectivity index (χ3v) is 2.50. The molecule has 0 amide bonds. The van der Waals surface area contributed by atoms with Gasteiger partial charge >= 0.3 is 0 Å². The predicted octanol–water partition coefficient (Wildman–Crippen LogP) is 2.39. The minimum absolute atomic E-state index is 0.467. The number of hydrogen-bond donors (Lipinski definition) is 1. The van der Waals surface area contributed by atoms with Gasteiger partial charge in [-0.3, -0.25) is 0 Å². The van der Waals surface area contributed by atoms with Crippen molar-refractivity contribution in [2.45, 2.75) is 13.5 Å². The molecule has 106 valence electrons. The van der Waals surface area contributed by atoms with Crippen LogP contribution in [-0.2, 0) is 11.3 Å². The molecule has 0 bridgehead atoms. The molecule has 0 aliphatic rings. The van der Waals surface area contributed by atoms with Crippen molar-refractivity contribution >= 4 is 0 Å². The van der Waals surface area contributed by atoms with Gasteiger partial charge in [0.15, 0.2) is 11.5 Å². The van der Waals surface area contributed by atoms with Crippen molar-refractivity contribution < 1.29 is 14.2 Å². The van der Waals surface area contributed by atoms with Crippen LogP contribution in [0.3, 0.4) is 0 Å². The summed E-state index contributed by atoms with van der Waals surface area (Å²) in [6.45, 7) is 8.92. The predicted molar refractivity (Wildman–Crippen MR) is 76.9 cm³/mol. The highest BCUT2D eigenvalue weighted by atomic mass is 16.5. The van der Waals surface area contributed by atoms with E-state index in [1.54, 1.807) is 13.2 Å². The highest BCUT2D eigenvalue weighted by Crippen LogP contribution is 2.31. The van der Waals surface area contributed by atoms with Crippen LogP contribution in [0.25, 0.3) is 0 Å². The summed E-state index contributed by atoms with van der Waals surface area (Å²) in [6, 6.07) is 5.92.